The molecular formula is C33H40N4O5S. The second-order valence-corrected chi connectivity index (χ2v) is 12.4. The lowest BCUT2D eigenvalue weighted by atomic mass is 9.86. The van der Waals surface area contributed by atoms with Crippen molar-refractivity contribution in [3.05, 3.63) is 57.6 Å². The molecular weight excluding hydrogens is 564 g/mol. The summed E-state index contributed by atoms with van der Waals surface area (Å²) in [6, 6.07) is 9.56. The van der Waals surface area contributed by atoms with E-state index in [1.807, 2.05) is 44.2 Å². The highest BCUT2D eigenvalue weighted by atomic mass is 32.1. The maximum atomic E-state index is 13.8. The number of aliphatic carboxylic acids is 1. The first-order chi connectivity index (χ1) is 20.7. The van der Waals surface area contributed by atoms with Gasteiger partial charge in [0, 0.05) is 33.5 Å². The van der Waals surface area contributed by atoms with Gasteiger partial charge in [-0.25, -0.2) is 4.98 Å². The third kappa shape index (κ3) is 6.40. The van der Waals surface area contributed by atoms with Crippen LogP contribution in [0.25, 0.3) is 22.2 Å². The molecule has 2 aromatic heterocycles. The number of carboxylic acid groups (broad SMARTS) is 1. The number of nitrogens with two attached hydrogens (primary N) is 1. The van der Waals surface area contributed by atoms with Crippen LogP contribution in [0, 0.1) is 19.8 Å². The second kappa shape index (κ2) is 13.2. The molecule has 2 heterocycles. The van der Waals surface area contributed by atoms with Crippen molar-refractivity contribution in [2.24, 2.45) is 11.7 Å². The maximum absolute atomic E-state index is 13.8. The first kappa shape index (κ1) is 30.6. The number of rotatable bonds is 11. The van der Waals surface area contributed by atoms with Gasteiger partial charge in [0.05, 0.1) is 19.9 Å². The summed E-state index contributed by atoms with van der Waals surface area (Å²) in [5.41, 5.74) is 11.1. The van der Waals surface area contributed by atoms with Crippen molar-refractivity contribution in [2.75, 3.05) is 19.5 Å². The molecule has 4 aromatic rings. The smallest absolute Gasteiger partial charge is 0.323 e. The predicted octanol–water partition coefficient (Wildman–Crippen LogP) is 6.71. The Morgan fingerprint density at radius 2 is 1.84 bits per heavy atom. The van der Waals surface area contributed by atoms with Crippen LogP contribution in [0.15, 0.2) is 30.3 Å². The lowest BCUT2D eigenvalue weighted by Gasteiger charge is -2.21. The first-order valence-corrected chi connectivity index (χ1v) is 15.6. The van der Waals surface area contributed by atoms with E-state index >= 15 is 0 Å². The number of nitrogens with zero attached hydrogens (tertiary/aromatic N) is 2. The number of carbonyl (C=O) groups excluding carboxylic acids is 1. The number of nitrogens with one attached hydrogen (secondary N) is 1. The third-order valence-electron chi connectivity index (χ3n) is 8.48. The number of carbonyl (C=O) groups is 2. The van der Waals surface area contributed by atoms with E-state index in [-0.39, 0.29) is 6.54 Å². The summed E-state index contributed by atoms with van der Waals surface area (Å²) in [7, 11) is 3.23. The largest absolute Gasteiger partial charge is 0.496 e. The van der Waals surface area contributed by atoms with Gasteiger partial charge in [0.2, 0.25) is 0 Å². The monoisotopic (exact) mass is 604 g/mol. The molecule has 0 unspecified atom stereocenters. The van der Waals surface area contributed by atoms with Gasteiger partial charge in [-0.2, -0.15) is 0 Å². The lowest BCUT2D eigenvalue weighted by molar-refractivity contribution is -0.137. The summed E-state index contributed by atoms with van der Waals surface area (Å²) >= 11 is 1.45. The Labute approximate surface area is 256 Å². The van der Waals surface area contributed by atoms with Gasteiger partial charge >= 0.3 is 5.97 Å². The van der Waals surface area contributed by atoms with Gasteiger partial charge in [0.15, 0.2) is 5.13 Å². The minimum atomic E-state index is -1.02. The normalized spacial score (nSPS) is 13.8. The number of hydrogen-bond acceptors (Lipinski definition) is 7. The highest BCUT2D eigenvalue weighted by Gasteiger charge is 2.25. The van der Waals surface area contributed by atoms with Crippen molar-refractivity contribution in [3.8, 4) is 22.8 Å². The highest BCUT2D eigenvalue weighted by Crippen LogP contribution is 2.42. The van der Waals surface area contributed by atoms with E-state index in [1.54, 1.807) is 18.8 Å². The Balaban J connectivity index is 1.55. The van der Waals surface area contributed by atoms with Gasteiger partial charge in [-0.05, 0) is 62.4 Å². The van der Waals surface area contributed by atoms with Crippen molar-refractivity contribution < 1.29 is 24.2 Å². The summed E-state index contributed by atoms with van der Waals surface area (Å²) in [5, 5.41) is 14.0. The van der Waals surface area contributed by atoms with Crippen LogP contribution in [0.5, 0.6) is 11.5 Å². The molecule has 1 aliphatic carbocycles. The molecule has 0 spiro atoms. The number of aromatic nitrogens is 2. The molecule has 4 N–H and O–H groups in total. The topological polar surface area (TPSA) is 129 Å². The van der Waals surface area contributed by atoms with Gasteiger partial charge in [-0.15, -0.1) is 11.3 Å². The van der Waals surface area contributed by atoms with Gasteiger partial charge < -0.3 is 24.9 Å². The average Bonchev–Trinajstić information content (AvgIpc) is 3.52. The SMILES string of the molecule is COc1cc(-c2nc(NC(=O)c3c(C)c4cc(C)ccc4n3CC(=O)O)sc2CCC2CCCCC2)c(OC)cc1CN. The van der Waals surface area contributed by atoms with Crippen molar-refractivity contribution in [1.82, 2.24) is 9.55 Å². The number of hydrogen-bond donors (Lipinski definition) is 3. The molecule has 0 atom stereocenters. The molecule has 10 heteroatoms. The van der Waals surface area contributed by atoms with Crippen LogP contribution in [0.4, 0.5) is 5.13 Å². The Morgan fingerprint density at radius 1 is 1.09 bits per heavy atom. The summed E-state index contributed by atoms with van der Waals surface area (Å²) in [6.07, 6.45) is 8.22. The summed E-state index contributed by atoms with van der Waals surface area (Å²) in [5.74, 6) is 0.552. The van der Waals surface area contributed by atoms with Gasteiger partial charge in [0.25, 0.3) is 5.91 Å². The minimum absolute atomic E-state index is 0.302. The minimum Gasteiger partial charge on any atom is -0.496 e. The number of ether oxygens (including phenoxy) is 2. The molecule has 43 heavy (non-hydrogen) atoms. The predicted molar refractivity (Wildman–Crippen MR) is 170 cm³/mol. The van der Waals surface area contributed by atoms with Gasteiger partial charge in [0.1, 0.15) is 23.7 Å². The van der Waals surface area contributed by atoms with Crippen LogP contribution in [-0.4, -0.2) is 40.8 Å². The fraction of sp³-hybridized carbons (Fsp3) is 0.424. The van der Waals surface area contributed by atoms with E-state index in [9.17, 15) is 14.7 Å². The fourth-order valence-corrected chi connectivity index (χ4v) is 7.27. The lowest BCUT2D eigenvalue weighted by Crippen LogP contribution is -2.20. The Morgan fingerprint density at radius 3 is 2.51 bits per heavy atom. The zero-order valence-corrected chi connectivity index (χ0v) is 26.1. The number of carboxylic acids is 1. The molecule has 1 saturated carbocycles. The summed E-state index contributed by atoms with van der Waals surface area (Å²) < 4.78 is 13.0. The van der Waals surface area contributed by atoms with E-state index in [1.165, 1.54) is 43.4 Å². The Kier molecular flexibility index (Phi) is 9.37. The van der Waals surface area contributed by atoms with Crippen LogP contribution < -0.4 is 20.5 Å². The van der Waals surface area contributed by atoms with Crippen LogP contribution >= 0.6 is 11.3 Å². The molecule has 0 saturated heterocycles. The van der Waals surface area contributed by atoms with Crippen molar-refractivity contribution >= 4 is 39.2 Å². The van der Waals surface area contributed by atoms with E-state index in [2.05, 4.69) is 5.32 Å². The number of anilines is 1. The van der Waals surface area contributed by atoms with Gasteiger partial charge in [-0.3, -0.25) is 14.9 Å². The molecule has 1 fully saturated rings. The fourth-order valence-electron chi connectivity index (χ4n) is 6.29. The Bertz CT molecular complexity index is 1650. The summed E-state index contributed by atoms with van der Waals surface area (Å²) in [4.78, 5) is 31.6. The molecule has 228 valence electrons. The molecule has 0 aliphatic heterocycles. The van der Waals surface area contributed by atoms with Crippen LogP contribution in [0.2, 0.25) is 0 Å². The van der Waals surface area contributed by atoms with Crippen molar-refractivity contribution in [1.29, 1.82) is 0 Å². The van der Waals surface area contributed by atoms with Crippen LogP contribution in [0.1, 0.15) is 70.6 Å². The zero-order valence-electron chi connectivity index (χ0n) is 25.3. The average molecular weight is 605 g/mol. The zero-order chi connectivity index (χ0) is 30.7. The maximum Gasteiger partial charge on any atom is 0.323 e. The van der Waals surface area contributed by atoms with E-state index in [4.69, 9.17) is 20.2 Å². The molecule has 1 amide bonds. The molecule has 0 bridgehead atoms. The quantitative estimate of drug-likeness (QED) is 0.174. The van der Waals surface area contributed by atoms with Crippen molar-refractivity contribution in [2.45, 2.75) is 71.9 Å². The number of benzene rings is 2. The number of aryl methyl sites for hydroxylation is 3. The number of thiazole rings is 1. The first-order valence-electron chi connectivity index (χ1n) is 14.8. The van der Waals surface area contributed by atoms with Crippen LogP contribution in [0.3, 0.4) is 0 Å². The molecule has 1 aliphatic rings. The van der Waals surface area contributed by atoms with E-state index < -0.39 is 11.9 Å². The molecule has 9 nitrogen and oxygen atoms in total. The summed E-state index contributed by atoms with van der Waals surface area (Å²) in [6.45, 7) is 3.81. The number of amides is 1. The van der Waals surface area contributed by atoms with Crippen LogP contribution in [-0.2, 0) is 24.3 Å². The second-order valence-electron chi connectivity index (χ2n) is 11.3. The Hall–Kier alpha value is -3.89. The molecule has 0 radical (unpaired) electrons. The number of methoxy groups -OCH3 is 2. The van der Waals surface area contributed by atoms with Crippen molar-refractivity contribution in [3.63, 3.8) is 0 Å². The van der Waals surface area contributed by atoms with E-state index in [0.29, 0.717) is 40.3 Å². The highest BCUT2D eigenvalue weighted by molar-refractivity contribution is 7.16. The standard InChI is InChI=1S/C33H40N4O5S/c1-19-10-12-25-23(14-19)20(2)31(37(25)18-29(38)39)32(40)36-33-35-30(28(43-33)13-11-21-8-6-5-7-9-21)24-16-26(41-3)22(17-34)15-27(24)42-4/h10,12,14-16,21H,5-9,11,13,17-18,34H2,1-4H3,(H,38,39)(H,35,36,40). The third-order valence-corrected chi connectivity index (χ3v) is 9.51. The van der Waals surface area contributed by atoms with E-state index in [0.717, 1.165) is 51.1 Å². The van der Waals surface area contributed by atoms with Gasteiger partial charge in [-0.1, -0.05) is 43.7 Å². The molecule has 2 aromatic carbocycles. The number of fused-ring (bicyclic) bond motifs is 1. The molecule has 5 rings (SSSR count).